The van der Waals surface area contributed by atoms with Gasteiger partial charge in [0.2, 0.25) is 0 Å². The first kappa shape index (κ1) is 17.5. The van der Waals surface area contributed by atoms with Crippen molar-refractivity contribution in [3.63, 3.8) is 0 Å². The molecule has 0 saturated heterocycles. The lowest BCUT2D eigenvalue weighted by Gasteiger charge is -2.12. The van der Waals surface area contributed by atoms with Crippen molar-refractivity contribution in [2.24, 2.45) is 0 Å². The van der Waals surface area contributed by atoms with E-state index >= 15 is 0 Å². The van der Waals surface area contributed by atoms with Crippen LogP contribution in [0.15, 0.2) is 28.0 Å². The molecule has 1 rings (SSSR count). The van der Waals surface area contributed by atoms with E-state index in [1.807, 2.05) is 0 Å². The molecule has 114 valence electrons. The molecule has 8 heteroatoms. The van der Waals surface area contributed by atoms with Crippen LogP contribution in [-0.4, -0.2) is 54.4 Å². The summed E-state index contributed by atoms with van der Waals surface area (Å²) in [5.74, 6) is -0.353. The molecule has 1 aromatic carbocycles. The number of nitrogens with zero attached hydrogens (tertiary/aromatic N) is 2. The summed E-state index contributed by atoms with van der Waals surface area (Å²) in [7, 11) is 6.60. The second kappa shape index (κ2) is 7.48. The summed E-state index contributed by atoms with van der Waals surface area (Å²) in [4.78, 5) is 39.1. The number of hydrogen-bond acceptors (Lipinski definition) is 5. The van der Waals surface area contributed by atoms with Gasteiger partial charge in [-0.15, -0.1) is 0 Å². The summed E-state index contributed by atoms with van der Waals surface area (Å²) in [5, 5.41) is -0.308. The Balaban J connectivity index is 3.08. The van der Waals surface area contributed by atoms with E-state index in [0.717, 1.165) is 23.5 Å². The summed E-state index contributed by atoms with van der Waals surface area (Å²) in [6.07, 6.45) is 0. The minimum absolute atomic E-state index is 0.154. The lowest BCUT2D eigenvalue weighted by Crippen LogP contribution is -2.56. The average Bonchev–Trinajstić information content (AvgIpc) is 2.37. The first-order valence-corrected chi connectivity index (χ1v) is 7.63. The van der Waals surface area contributed by atoms with Crippen molar-refractivity contribution in [1.29, 1.82) is 0 Å². The van der Waals surface area contributed by atoms with Gasteiger partial charge in [0.1, 0.15) is 0 Å². The number of amides is 3. The molecule has 0 saturated carbocycles. The van der Waals surface area contributed by atoms with E-state index < -0.39 is 0 Å². The number of benzene rings is 1. The maximum absolute atomic E-state index is 11.7. The summed E-state index contributed by atoms with van der Waals surface area (Å²) in [6.45, 7) is 0. The van der Waals surface area contributed by atoms with Gasteiger partial charge in [0.25, 0.3) is 10.5 Å². The third-order valence-corrected chi connectivity index (χ3v) is 4.36. The highest BCUT2D eigenvalue weighted by molar-refractivity contribution is 8.14. The van der Waals surface area contributed by atoms with Crippen molar-refractivity contribution < 1.29 is 20.1 Å². The van der Waals surface area contributed by atoms with Gasteiger partial charge in [-0.1, -0.05) is 0 Å². The maximum atomic E-state index is 11.7. The van der Waals surface area contributed by atoms with Crippen LogP contribution in [0.3, 0.4) is 0 Å². The summed E-state index contributed by atoms with van der Waals surface area (Å²) in [6, 6.07) is 4.92. The molecule has 0 aliphatic heterocycles. The Hall–Kier alpha value is -1.51. The zero-order valence-corrected chi connectivity index (χ0v) is 14.0. The normalized spacial score (nSPS) is 10.1. The number of hydrogen-bond donors (Lipinski definition) is 1. The molecule has 0 fully saturated rings. The van der Waals surface area contributed by atoms with Crippen molar-refractivity contribution in [1.82, 2.24) is 9.80 Å². The van der Waals surface area contributed by atoms with Gasteiger partial charge in [-0.25, -0.2) is 4.79 Å². The van der Waals surface area contributed by atoms with Crippen LogP contribution in [0.25, 0.3) is 0 Å². The van der Waals surface area contributed by atoms with E-state index in [-0.39, 0.29) is 16.4 Å². The number of carbonyl (C=O) groups excluding carboxylic acids is 3. The quantitative estimate of drug-likeness (QED) is 0.852. The zero-order valence-electron chi connectivity index (χ0n) is 12.4. The third kappa shape index (κ3) is 5.41. The SMILES string of the molecule is CN(C)C(=O)Sc1cc(SC(=O)N(C)C)cc(C([NH3+])=O)c1. The highest BCUT2D eigenvalue weighted by atomic mass is 32.2. The zero-order chi connectivity index (χ0) is 16.2. The monoisotopic (exact) mass is 328 g/mol. The van der Waals surface area contributed by atoms with Gasteiger partial charge >= 0.3 is 5.91 Å². The number of quaternary nitrogens is 1. The van der Waals surface area contributed by atoms with E-state index in [4.69, 9.17) is 0 Å². The Morgan fingerprint density at radius 1 is 0.857 bits per heavy atom. The molecular formula is C13H18N3O3S2+. The molecule has 3 N–H and O–H groups in total. The van der Waals surface area contributed by atoms with Gasteiger partial charge in [0, 0.05) is 38.0 Å². The van der Waals surface area contributed by atoms with Crippen LogP contribution < -0.4 is 5.73 Å². The standard InChI is InChI=1S/C13H17N3O3S2/c1-15(2)12(18)20-9-5-8(11(14)17)6-10(7-9)21-13(19)16(3)4/h5-7H,1-4H3,(H2,14,17)/p+1. The fraction of sp³-hybridized carbons (Fsp3) is 0.308. The van der Waals surface area contributed by atoms with Gasteiger partial charge in [0.05, 0.1) is 5.56 Å². The van der Waals surface area contributed by atoms with Crippen LogP contribution in [0, 0.1) is 0 Å². The molecule has 0 aliphatic rings. The predicted molar refractivity (Wildman–Crippen MR) is 83.5 cm³/mol. The average molecular weight is 328 g/mol. The van der Waals surface area contributed by atoms with Crippen molar-refractivity contribution in [2.75, 3.05) is 28.2 Å². The van der Waals surface area contributed by atoms with Crippen molar-refractivity contribution in [2.45, 2.75) is 9.79 Å². The molecule has 0 heterocycles. The summed E-state index contributed by atoms with van der Waals surface area (Å²) >= 11 is 2.00. The first-order chi connectivity index (χ1) is 9.70. The largest absolute Gasteiger partial charge is 0.341 e. The van der Waals surface area contributed by atoms with Crippen LogP contribution in [0.5, 0.6) is 0 Å². The second-order valence-corrected chi connectivity index (χ2v) is 6.69. The first-order valence-electron chi connectivity index (χ1n) is 6.00. The second-order valence-electron chi connectivity index (χ2n) is 4.64. The molecule has 0 radical (unpaired) electrons. The molecule has 1 aromatic rings. The van der Waals surface area contributed by atoms with Crippen molar-refractivity contribution >= 4 is 39.9 Å². The Morgan fingerprint density at radius 2 is 1.24 bits per heavy atom. The lowest BCUT2D eigenvalue weighted by molar-refractivity contribution is -0.255. The van der Waals surface area contributed by atoms with E-state index in [1.165, 1.54) is 9.80 Å². The Morgan fingerprint density at radius 3 is 1.52 bits per heavy atom. The minimum atomic E-state index is -0.353. The topological polar surface area (TPSA) is 85.3 Å². The molecule has 0 spiro atoms. The van der Waals surface area contributed by atoms with Crippen molar-refractivity contribution in [3.8, 4) is 0 Å². The van der Waals surface area contributed by atoms with Crippen LogP contribution in [0.2, 0.25) is 0 Å². The maximum Gasteiger partial charge on any atom is 0.341 e. The fourth-order valence-corrected chi connectivity index (χ4v) is 2.82. The van der Waals surface area contributed by atoms with Crippen LogP contribution in [-0.2, 0) is 0 Å². The minimum Gasteiger partial charge on any atom is -0.339 e. The Labute approximate surface area is 132 Å². The highest BCUT2D eigenvalue weighted by Gasteiger charge is 2.15. The van der Waals surface area contributed by atoms with E-state index in [9.17, 15) is 14.4 Å². The lowest BCUT2D eigenvalue weighted by atomic mass is 10.2. The molecule has 0 unspecified atom stereocenters. The molecule has 0 atom stereocenters. The van der Waals surface area contributed by atoms with Crippen LogP contribution in [0.4, 0.5) is 9.59 Å². The molecule has 3 amide bonds. The Kier molecular flexibility index (Phi) is 6.25. The van der Waals surface area contributed by atoms with Crippen LogP contribution in [0.1, 0.15) is 10.4 Å². The molecule has 6 nitrogen and oxygen atoms in total. The molecule has 0 aromatic heterocycles. The van der Waals surface area contributed by atoms with E-state index in [1.54, 1.807) is 46.4 Å². The Bertz CT molecular complexity index is 534. The molecule has 0 aliphatic carbocycles. The number of carbonyl (C=O) groups is 3. The molecule has 0 bridgehead atoms. The summed E-state index contributed by atoms with van der Waals surface area (Å²) < 4.78 is 0. The van der Waals surface area contributed by atoms with E-state index in [0.29, 0.717) is 15.4 Å². The molecular weight excluding hydrogens is 310 g/mol. The smallest absolute Gasteiger partial charge is 0.339 e. The van der Waals surface area contributed by atoms with Gasteiger partial charge in [0.15, 0.2) is 0 Å². The van der Waals surface area contributed by atoms with Gasteiger partial charge < -0.3 is 9.80 Å². The van der Waals surface area contributed by atoms with Gasteiger partial charge in [-0.3, -0.25) is 15.3 Å². The predicted octanol–water partition coefficient (Wildman–Crippen LogP) is 1.62. The molecule has 21 heavy (non-hydrogen) atoms. The number of rotatable bonds is 3. The van der Waals surface area contributed by atoms with Gasteiger partial charge in [-0.05, 0) is 41.7 Å². The van der Waals surface area contributed by atoms with Gasteiger partial charge in [-0.2, -0.15) is 0 Å². The summed E-state index contributed by atoms with van der Waals surface area (Å²) in [5.41, 5.74) is 3.75. The third-order valence-electron chi connectivity index (χ3n) is 2.34. The fourth-order valence-electron chi connectivity index (χ4n) is 1.23. The number of thioether (sulfide) groups is 2. The van der Waals surface area contributed by atoms with E-state index in [2.05, 4.69) is 5.73 Å². The highest BCUT2D eigenvalue weighted by Crippen LogP contribution is 2.29. The van der Waals surface area contributed by atoms with Crippen molar-refractivity contribution in [3.05, 3.63) is 23.8 Å². The van der Waals surface area contributed by atoms with Crippen LogP contribution >= 0.6 is 23.5 Å².